The van der Waals surface area contributed by atoms with Gasteiger partial charge in [0.1, 0.15) is 5.84 Å². The number of carbonyl (C=O) groups excluding carboxylic acids is 2. The van der Waals surface area contributed by atoms with E-state index in [1.54, 1.807) is 30.3 Å². The predicted molar refractivity (Wildman–Crippen MR) is 126 cm³/mol. The summed E-state index contributed by atoms with van der Waals surface area (Å²) in [6.07, 6.45) is -2.89. The number of hydrogen-bond acceptors (Lipinski definition) is 7. The molecule has 2 heterocycles. The number of aliphatic carboxylic acids is 1. The van der Waals surface area contributed by atoms with E-state index in [0.717, 1.165) is 25.9 Å². The summed E-state index contributed by atoms with van der Waals surface area (Å²) >= 11 is 6.99. The molecule has 1 aliphatic heterocycles. The summed E-state index contributed by atoms with van der Waals surface area (Å²) in [6, 6.07) is 8.35. The number of likely N-dealkylation sites (tertiary alicyclic amines) is 1. The number of alkyl halides is 3. The molecule has 1 saturated heterocycles. The van der Waals surface area contributed by atoms with Gasteiger partial charge in [-0.2, -0.15) is 13.2 Å². The molecule has 3 rings (SSSR count). The Morgan fingerprint density at radius 1 is 1.17 bits per heavy atom. The molecule has 0 saturated carbocycles. The first kappa shape index (κ1) is 28.9. The van der Waals surface area contributed by atoms with Gasteiger partial charge in [0, 0.05) is 25.2 Å². The second kappa shape index (κ2) is 13.1. The maximum absolute atomic E-state index is 12.1. The summed E-state index contributed by atoms with van der Waals surface area (Å²) in [7, 11) is 1.49. The number of methoxy groups -OCH3 is 1. The topological polar surface area (TPSA) is 129 Å². The zero-order chi connectivity index (χ0) is 26.9. The van der Waals surface area contributed by atoms with E-state index < -0.39 is 18.1 Å². The Hall–Kier alpha value is -3.32. The first-order valence-corrected chi connectivity index (χ1v) is 11.7. The van der Waals surface area contributed by atoms with Gasteiger partial charge in [-0.3, -0.25) is 15.0 Å². The van der Waals surface area contributed by atoms with E-state index >= 15 is 0 Å². The van der Waals surface area contributed by atoms with Crippen LogP contribution in [0.15, 0.2) is 30.3 Å². The molecule has 0 unspecified atom stereocenters. The molecule has 9 nitrogen and oxygen atoms in total. The van der Waals surface area contributed by atoms with E-state index in [-0.39, 0.29) is 24.6 Å². The van der Waals surface area contributed by atoms with Crippen molar-refractivity contribution in [3.63, 3.8) is 0 Å². The van der Waals surface area contributed by atoms with Gasteiger partial charge in [0.15, 0.2) is 11.5 Å². The van der Waals surface area contributed by atoms with Gasteiger partial charge in [-0.1, -0.05) is 11.6 Å². The molecule has 0 bridgehead atoms. The summed E-state index contributed by atoms with van der Waals surface area (Å²) in [6.45, 7) is 1.90. The van der Waals surface area contributed by atoms with Crippen LogP contribution in [0.2, 0.25) is 4.34 Å². The fourth-order valence-electron chi connectivity index (χ4n) is 3.00. The smallest absolute Gasteiger partial charge is 0.490 e. The molecule has 0 aliphatic carbocycles. The third-order valence-electron chi connectivity index (χ3n) is 4.74. The molecular weight excluding hydrogens is 527 g/mol. The minimum atomic E-state index is -5.08. The Labute approximate surface area is 213 Å². The van der Waals surface area contributed by atoms with Gasteiger partial charge in [-0.15, -0.1) is 11.3 Å². The number of nitrogens with zero attached hydrogens (tertiary/aromatic N) is 1. The minimum Gasteiger partial charge on any atom is -0.493 e. The quantitative estimate of drug-likeness (QED) is 0.204. The maximum Gasteiger partial charge on any atom is 0.490 e. The van der Waals surface area contributed by atoms with Crippen LogP contribution in [0.25, 0.3) is 0 Å². The van der Waals surface area contributed by atoms with E-state index in [4.69, 9.17) is 36.4 Å². The number of carbonyl (C=O) groups is 3. The molecule has 0 atom stereocenters. The highest BCUT2D eigenvalue weighted by atomic mass is 35.5. The summed E-state index contributed by atoms with van der Waals surface area (Å²) in [5.74, 6) is -2.42. The summed E-state index contributed by atoms with van der Waals surface area (Å²) < 4.78 is 43.0. The van der Waals surface area contributed by atoms with Crippen LogP contribution in [0.1, 0.15) is 34.5 Å². The van der Waals surface area contributed by atoms with Gasteiger partial charge in [0.25, 0.3) is 5.91 Å². The van der Waals surface area contributed by atoms with Crippen LogP contribution in [0.4, 0.5) is 13.2 Å². The van der Waals surface area contributed by atoms with Crippen molar-refractivity contribution in [3.8, 4) is 11.5 Å². The Morgan fingerprint density at radius 3 is 2.33 bits per heavy atom. The van der Waals surface area contributed by atoms with Crippen molar-refractivity contribution in [2.24, 2.45) is 0 Å². The van der Waals surface area contributed by atoms with Crippen LogP contribution in [0.5, 0.6) is 11.5 Å². The van der Waals surface area contributed by atoms with Crippen LogP contribution >= 0.6 is 22.9 Å². The summed E-state index contributed by atoms with van der Waals surface area (Å²) in [5.41, 5.74) is 0.713. The number of ether oxygens (including phenoxy) is 2. The van der Waals surface area contributed by atoms with Crippen LogP contribution < -0.4 is 14.8 Å². The van der Waals surface area contributed by atoms with E-state index in [0.29, 0.717) is 26.4 Å². The number of carboxylic acids is 1. The molecule has 1 amide bonds. The first-order valence-electron chi connectivity index (χ1n) is 10.5. The summed E-state index contributed by atoms with van der Waals surface area (Å²) in [4.78, 5) is 35.5. The number of carboxylic acid groups (broad SMARTS) is 1. The second-order valence-electron chi connectivity index (χ2n) is 7.30. The number of thiophene rings is 1. The Balaban J connectivity index is 0.000000572. The number of rotatable bonds is 7. The first-order chi connectivity index (χ1) is 16.9. The average Bonchev–Trinajstić information content (AvgIpc) is 3.50. The molecule has 1 fully saturated rings. The number of benzene rings is 1. The van der Waals surface area contributed by atoms with Gasteiger partial charge in [-0.05, 0) is 43.2 Å². The average molecular weight is 550 g/mol. The van der Waals surface area contributed by atoms with Crippen LogP contribution in [-0.2, 0) is 9.59 Å². The minimum absolute atomic E-state index is 0.0132. The number of amidine groups is 1. The SMILES string of the molecule is COc1cc(C(=N)N2CCCC2)ccc1OC(=O)CCNC(=O)c1ccc(Cl)s1.O=C(O)C(F)(F)F. The number of esters is 1. The lowest BCUT2D eigenvalue weighted by atomic mass is 10.1. The molecule has 1 aromatic heterocycles. The summed E-state index contributed by atoms with van der Waals surface area (Å²) in [5, 5.41) is 18.1. The molecule has 1 aliphatic rings. The Morgan fingerprint density at radius 2 is 1.81 bits per heavy atom. The Bertz CT molecular complexity index is 1100. The fourth-order valence-corrected chi connectivity index (χ4v) is 3.96. The fraction of sp³-hybridized carbons (Fsp3) is 0.364. The highest BCUT2D eigenvalue weighted by Crippen LogP contribution is 2.29. The van der Waals surface area contributed by atoms with E-state index in [1.165, 1.54) is 18.4 Å². The third kappa shape index (κ3) is 8.72. The van der Waals surface area contributed by atoms with Crippen molar-refractivity contribution in [2.75, 3.05) is 26.7 Å². The molecule has 0 radical (unpaired) electrons. The second-order valence-corrected chi connectivity index (χ2v) is 9.01. The standard InChI is InChI=1S/C20H22ClN3O4S.C2HF3O2/c1-27-15-12-13(19(22)24-10-2-3-11-24)4-5-14(15)28-18(25)8-9-23-20(26)16-6-7-17(21)29-16;3-2(4,5)1(6)7/h4-7,12,22H,2-3,8-11H2,1H3,(H,23,26);(H,6,7). The molecule has 1 aromatic carbocycles. The molecule has 36 heavy (non-hydrogen) atoms. The van der Waals surface area contributed by atoms with E-state index in [1.807, 2.05) is 4.90 Å². The van der Waals surface area contributed by atoms with Gasteiger partial charge in [0.2, 0.25) is 0 Å². The molecular formula is C22H23ClF3N3O6S. The molecule has 14 heteroatoms. The lowest BCUT2D eigenvalue weighted by Crippen LogP contribution is -2.27. The maximum atomic E-state index is 12.1. The van der Waals surface area contributed by atoms with Crippen molar-refractivity contribution in [1.29, 1.82) is 5.41 Å². The highest BCUT2D eigenvalue weighted by Gasteiger charge is 2.38. The number of hydrogen-bond donors (Lipinski definition) is 3. The van der Waals surface area contributed by atoms with E-state index in [2.05, 4.69) is 5.32 Å². The van der Waals surface area contributed by atoms with Crippen LogP contribution in [0.3, 0.4) is 0 Å². The zero-order valence-corrected chi connectivity index (χ0v) is 20.6. The van der Waals surface area contributed by atoms with Crippen molar-refractivity contribution >= 4 is 46.6 Å². The number of halogens is 4. The van der Waals surface area contributed by atoms with Gasteiger partial charge in [0.05, 0.1) is 22.7 Å². The molecule has 0 spiro atoms. The number of nitrogens with one attached hydrogen (secondary N) is 2. The molecule has 3 N–H and O–H groups in total. The van der Waals surface area contributed by atoms with Crippen molar-refractivity contribution in [2.45, 2.75) is 25.4 Å². The normalized spacial score (nSPS) is 12.9. The zero-order valence-electron chi connectivity index (χ0n) is 19.0. The van der Waals surface area contributed by atoms with Crippen LogP contribution in [-0.4, -0.2) is 66.6 Å². The number of amides is 1. The van der Waals surface area contributed by atoms with Crippen LogP contribution in [0, 0.1) is 5.41 Å². The van der Waals surface area contributed by atoms with Gasteiger partial charge in [-0.25, -0.2) is 4.79 Å². The lowest BCUT2D eigenvalue weighted by molar-refractivity contribution is -0.192. The monoisotopic (exact) mass is 549 g/mol. The van der Waals surface area contributed by atoms with Crippen molar-refractivity contribution in [3.05, 3.63) is 45.1 Å². The Kier molecular flexibility index (Phi) is 10.5. The van der Waals surface area contributed by atoms with Crippen molar-refractivity contribution < 1.29 is 42.1 Å². The van der Waals surface area contributed by atoms with Crippen molar-refractivity contribution in [1.82, 2.24) is 10.2 Å². The highest BCUT2D eigenvalue weighted by molar-refractivity contribution is 7.18. The van der Waals surface area contributed by atoms with Gasteiger partial charge < -0.3 is 24.8 Å². The third-order valence-corrected chi connectivity index (χ3v) is 5.97. The predicted octanol–water partition coefficient (Wildman–Crippen LogP) is 4.19. The molecule has 196 valence electrons. The molecule has 2 aromatic rings. The van der Waals surface area contributed by atoms with Gasteiger partial charge >= 0.3 is 18.1 Å². The largest absolute Gasteiger partial charge is 0.493 e. The van der Waals surface area contributed by atoms with E-state index in [9.17, 15) is 22.8 Å². The lowest BCUT2D eigenvalue weighted by Gasteiger charge is -2.19.